The smallest absolute Gasteiger partial charge is 0.231 e. The van der Waals surface area contributed by atoms with Crippen molar-refractivity contribution in [2.45, 2.75) is 25.0 Å². The van der Waals surface area contributed by atoms with Crippen molar-refractivity contribution in [3.8, 4) is 16.9 Å². The second-order valence-corrected chi connectivity index (χ2v) is 7.19. The molecule has 0 aliphatic heterocycles. The van der Waals surface area contributed by atoms with Crippen molar-refractivity contribution in [1.82, 2.24) is 5.32 Å². The molecule has 1 amide bonds. The van der Waals surface area contributed by atoms with Gasteiger partial charge in [0.25, 0.3) is 0 Å². The topological polar surface area (TPSA) is 64.4 Å². The molecule has 2 unspecified atom stereocenters. The molecule has 0 spiro atoms. The van der Waals surface area contributed by atoms with Crippen molar-refractivity contribution < 1.29 is 9.53 Å². The van der Waals surface area contributed by atoms with Gasteiger partial charge in [0.05, 0.1) is 6.54 Å². The monoisotopic (exact) mass is 372 g/mol. The first-order valence-corrected chi connectivity index (χ1v) is 9.58. The summed E-state index contributed by atoms with van der Waals surface area (Å²) in [5.41, 5.74) is 9.86. The lowest BCUT2D eigenvalue weighted by atomic mass is 9.99. The van der Waals surface area contributed by atoms with Crippen LogP contribution in [0.4, 0.5) is 0 Å². The van der Waals surface area contributed by atoms with Crippen LogP contribution in [0.5, 0.6) is 5.75 Å². The first-order chi connectivity index (χ1) is 13.7. The van der Waals surface area contributed by atoms with E-state index in [1.807, 2.05) is 36.4 Å². The van der Waals surface area contributed by atoms with Crippen LogP contribution in [-0.4, -0.2) is 18.5 Å². The van der Waals surface area contributed by atoms with Gasteiger partial charge >= 0.3 is 0 Å². The third-order valence-corrected chi connectivity index (χ3v) is 5.08. The Kier molecular flexibility index (Phi) is 5.40. The van der Waals surface area contributed by atoms with Gasteiger partial charge in [-0.05, 0) is 35.2 Å². The van der Waals surface area contributed by atoms with Crippen LogP contribution >= 0.6 is 0 Å². The average Bonchev–Trinajstić information content (AvgIpc) is 3.52. The highest BCUT2D eigenvalue weighted by Gasteiger charge is 2.38. The molecule has 3 aromatic carbocycles. The third kappa shape index (κ3) is 4.41. The van der Waals surface area contributed by atoms with Crippen LogP contribution in [0.25, 0.3) is 11.1 Å². The summed E-state index contributed by atoms with van der Waals surface area (Å²) in [5.74, 6) is 0.964. The normalized spacial score (nSPS) is 17.9. The van der Waals surface area contributed by atoms with Crippen molar-refractivity contribution in [2.75, 3.05) is 6.54 Å². The van der Waals surface area contributed by atoms with Gasteiger partial charge in [0.1, 0.15) is 12.4 Å². The maximum absolute atomic E-state index is 11.0. The lowest BCUT2D eigenvalue weighted by Gasteiger charge is -2.14. The highest BCUT2D eigenvalue weighted by atomic mass is 16.5. The molecule has 0 saturated heterocycles. The largest absolute Gasteiger partial charge is 0.488 e. The Labute approximate surface area is 165 Å². The second-order valence-electron chi connectivity index (χ2n) is 7.19. The molecule has 1 fully saturated rings. The zero-order chi connectivity index (χ0) is 19.3. The Morgan fingerprint density at radius 1 is 1.00 bits per heavy atom. The van der Waals surface area contributed by atoms with Gasteiger partial charge in [-0.3, -0.25) is 4.79 Å². The molecule has 0 aromatic heterocycles. The van der Waals surface area contributed by atoms with E-state index in [1.54, 1.807) is 0 Å². The molecule has 3 aromatic rings. The van der Waals surface area contributed by atoms with Gasteiger partial charge in [0.2, 0.25) is 5.91 Å². The molecule has 4 nitrogen and oxygen atoms in total. The predicted octanol–water partition coefficient (Wildman–Crippen LogP) is 3.86. The van der Waals surface area contributed by atoms with E-state index in [0.717, 1.165) is 28.9 Å². The minimum atomic E-state index is -0.319. The molecule has 28 heavy (non-hydrogen) atoms. The van der Waals surface area contributed by atoms with Crippen LogP contribution in [0, 0.1) is 0 Å². The number of nitrogens with two attached hydrogens (primary N) is 1. The lowest BCUT2D eigenvalue weighted by Crippen LogP contribution is -2.30. The molecule has 142 valence electrons. The number of amides is 1. The summed E-state index contributed by atoms with van der Waals surface area (Å²) in [5, 5.41) is 3.22. The van der Waals surface area contributed by atoms with Gasteiger partial charge in [-0.25, -0.2) is 0 Å². The number of primary amides is 1. The van der Waals surface area contributed by atoms with Gasteiger partial charge < -0.3 is 15.8 Å². The van der Waals surface area contributed by atoms with Gasteiger partial charge in [-0.2, -0.15) is 0 Å². The van der Waals surface area contributed by atoms with E-state index in [0.29, 0.717) is 18.6 Å². The van der Waals surface area contributed by atoms with Crippen molar-refractivity contribution in [3.05, 3.63) is 90.0 Å². The van der Waals surface area contributed by atoms with E-state index in [9.17, 15) is 4.79 Å². The molecule has 0 bridgehead atoms. The average molecular weight is 372 g/mol. The van der Waals surface area contributed by atoms with Crippen LogP contribution in [0.3, 0.4) is 0 Å². The quantitative estimate of drug-likeness (QED) is 0.631. The molecule has 1 aliphatic carbocycles. The molecule has 4 rings (SSSR count). The first-order valence-electron chi connectivity index (χ1n) is 9.58. The fraction of sp³-hybridized carbons (Fsp3) is 0.208. The van der Waals surface area contributed by atoms with E-state index in [2.05, 4.69) is 47.8 Å². The van der Waals surface area contributed by atoms with Crippen molar-refractivity contribution in [3.63, 3.8) is 0 Å². The van der Waals surface area contributed by atoms with Gasteiger partial charge in [0.15, 0.2) is 0 Å². The Bertz CT molecular complexity index is 941. The maximum Gasteiger partial charge on any atom is 0.231 e. The van der Waals surface area contributed by atoms with Gasteiger partial charge in [-0.1, -0.05) is 66.7 Å². The zero-order valence-electron chi connectivity index (χ0n) is 15.7. The number of carbonyl (C=O) groups excluding carboxylic acids is 1. The third-order valence-electron chi connectivity index (χ3n) is 5.08. The Morgan fingerprint density at radius 2 is 1.71 bits per heavy atom. The summed E-state index contributed by atoms with van der Waals surface area (Å²) in [6, 6.07) is 27.2. The maximum atomic E-state index is 11.0. The molecule has 2 atom stereocenters. The minimum Gasteiger partial charge on any atom is -0.488 e. The zero-order valence-corrected chi connectivity index (χ0v) is 15.7. The second kappa shape index (κ2) is 8.28. The summed E-state index contributed by atoms with van der Waals surface area (Å²) in [7, 11) is 0. The summed E-state index contributed by atoms with van der Waals surface area (Å²) in [6.45, 7) is 0.761. The molecule has 1 aliphatic rings. The fourth-order valence-corrected chi connectivity index (χ4v) is 3.50. The summed E-state index contributed by atoms with van der Waals surface area (Å²) >= 11 is 0. The molecular formula is C24H24N2O2. The van der Waals surface area contributed by atoms with E-state index in [-0.39, 0.29) is 12.5 Å². The van der Waals surface area contributed by atoms with Gasteiger partial charge in [-0.15, -0.1) is 0 Å². The number of hydrogen-bond donors (Lipinski definition) is 2. The molecule has 3 N–H and O–H groups in total. The number of carbonyl (C=O) groups is 1. The van der Waals surface area contributed by atoms with E-state index in [4.69, 9.17) is 10.5 Å². The Balaban J connectivity index is 1.55. The van der Waals surface area contributed by atoms with Crippen molar-refractivity contribution >= 4 is 5.91 Å². The van der Waals surface area contributed by atoms with E-state index >= 15 is 0 Å². The highest BCUT2D eigenvalue weighted by molar-refractivity contribution is 5.76. The summed E-state index contributed by atoms with van der Waals surface area (Å²) in [6.07, 6.45) is 1.02. The van der Waals surface area contributed by atoms with Crippen LogP contribution < -0.4 is 15.8 Å². The fourth-order valence-electron chi connectivity index (χ4n) is 3.50. The van der Waals surface area contributed by atoms with Crippen LogP contribution in [0.15, 0.2) is 78.9 Å². The molecule has 0 heterocycles. The SMILES string of the molecule is NC(=O)CNC1CC1c1ccc(OCc2ccccc2)c(-c2ccccc2)c1. The molecule has 4 heteroatoms. The van der Waals surface area contributed by atoms with Crippen LogP contribution in [-0.2, 0) is 11.4 Å². The van der Waals surface area contributed by atoms with Crippen LogP contribution in [0.2, 0.25) is 0 Å². The Hall–Kier alpha value is -3.11. The first kappa shape index (κ1) is 18.3. The standard InChI is InChI=1S/C24H24N2O2/c25-24(27)15-26-22-14-20(22)19-11-12-23(28-16-17-7-3-1-4-8-17)21(13-19)18-9-5-2-6-10-18/h1-13,20,22,26H,14-16H2,(H2,25,27). The number of nitrogens with one attached hydrogen (secondary N) is 1. The van der Waals surface area contributed by atoms with Crippen molar-refractivity contribution in [2.24, 2.45) is 5.73 Å². The molecular weight excluding hydrogens is 348 g/mol. The Morgan fingerprint density at radius 3 is 2.43 bits per heavy atom. The highest BCUT2D eigenvalue weighted by Crippen LogP contribution is 2.43. The number of ether oxygens (including phenoxy) is 1. The van der Waals surface area contributed by atoms with Crippen LogP contribution in [0.1, 0.15) is 23.5 Å². The summed E-state index contributed by atoms with van der Waals surface area (Å²) < 4.78 is 6.16. The van der Waals surface area contributed by atoms with Crippen molar-refractivity contribution in [1.29, 1.82) is 0 Å². The number of benzene rings is 3. The minimum absolute atomic E-state index is 0.227. The van der Waals surface area contributed by atoms with Gasteiger partial charge in [0, 0.05) is 17.5 Å². The lowest BCUT2D eigenvalue weighted by molar-refractivity contribution is -0.117. The van der Waals surface area contributed by atoms with E-state index in [1.165, 1.54) is 5.56 Å². The summed E-state index contributed by atoms with van der Waals surface area (Å²) in [4.78, 5) is 11.0. The molecule has 1 saturated carbocycles. The number of hydrogen-bond acceptors (Lipinski definition) is 3. The predicted molar refractivity (Wildman–Crippen MR) is 111 cm³/mol. The number of rotatable bonds is 8. The molecule has 0 radical (unpaired) electrons. The van der Waals surface area contributed by atoms with E-state index < -0.39 is 0 Å².